The van der Waals surface area contributed by atoms with E-state index in [9.17, 15) is 4.79 Å². The zero-order valence-corrected chi connectivity index (χ0v) is 17.7. The van der Waals surface area contributed by atoms with E-state index in [-0.39, 0.29) is 5.91 Å². The van der Waals surface area contributed by atoms with Gasteiger partial charge < -0.3 is 19.1 Å². The molecule has 7 nitrogen and oxygen atoms in total. The molecule has 0 atom stereocenters. The third kappa shape index (κ3) is 5.05. The third-order valence-electron chi connectivity index (χ3n) is 4.98. The van der Waals surface area contributed by atoms with Crippen molar-refractivity contribution in [1.29, 1.82) is 0 Å². The molecule has 2 aromatic rings. The molecular weight excluding hydrogens is 374 g/mol. The molecule has 1 aliphatic rings. The fraction of sp³-hybridized carbons (Fsp3) is 0.550. The molecule has 8 heteroatoms. The maximum atomic E-state index is 12.6. The molecule has 0 N–H and O–H groups in total. The van der Waals surface area contributed by atoms with Gasteiger partial charge in [-0.25, -0.2) is 0 Å². The van der Waals surface area contributed by atoms with Gasteiger partial charge in [-0.1, -0.05) is 25.1 Å². The molecule has 0 radical (unpaired) electrons. The molecule has 1 aromatic carbocycles. The summed E-state index contributed by atoms with van der Waals surface area (Å²) < 4.78 is 7.37. The number of benzene rings is 1. The molecule has 152 valence electrons. The number of aromatic nitrogens is 3. The molecule has 1 amide bonds. The van der Waals surface area contributed by atoms with Crippen molar-refractivity contribution in [1.82, 2.24) is 24.6 Å². The Balaban J connectivity index is 1.71. The predicted octanol–water partition coefficient (Wildman–Crippen LogP) is 2.62. The largest absolute Gasteiger partial charge is 0.497 e. The van der Waals surface area contributed by atoms with Crippen molar-refractivity contribution in [2.75, 3.05) is 46.1 Å². The fourth-order valence-corrected chi connectivity index (χ4v) is 4.01. The number of ether oxygens (including phenoxy) is 1. The summed E-state index contributed by atoms with van der Waals surface area (Å²) in [7, 11) is 3.75. The number of amides is 1. The summed E-state index contributed by atoms with van der Waals surface area (Å²) in [6.07, 6.45) is 2.13. The number of carbonyl (C=O) groups is 1. The first-order chi connectivity index (χ1) is 13.6. The Hall–Kier alpha value is -2.06. The first kappa shape index (κ1) is 20.7. The van der Waals surface area contributed by atoms with Gasteiger partial charge in [0.2, 0.25) is 5.91 Å². The van der Waals surface area contributed by atoms with Gasteiger partial charge in [0.25, 0.3) is 0 Å². The zero-order chi connectivity index (χ0) is 19.9. The van der Waals surface area contributed by atoms with Gasteiger partial charge in [0.05, 0.1) is 12.9 Å². The first-order valence-corrected chi connectivity index (χ1v) is 10.8. The Labute approximate surface area is 171 Å². The Kier molecular flexibility index (Phi) is 7.33. The van der Waals surface area contributed by atoms with Crippen LogP contribution in [0.2, 0.25) is 0 Å². The first-order valence-electron chi connectivity index (χ1n) is 9.79. The van der Waals surface area contributed by atoms with Crippen molar-refractivity contribution in [3.63, 3.8) is 0 Å². The number of thioether (sulfide) groups is 1. The van der Waals surface area contributed by atoms with Crippen LogP contribution in [0.3, 0.4) is 0 Å². The van der Waals surface area contributed by atoms with Crippen molar-refractivity contribution >= 4 is 17.7 Å². The summed E-state index contributed by atoms with van der Waals surface area (Å²) in [6, 6.07) is 7.85. The normalized spacial score (nSPS) is 15.0. The van der Waals surface area contributed by atoms with Crippen LogP contribution in [0.5, 0.6) is 5.75 Å². The fourth-order valence-electron chi connectivity index (χ4n) is 3.14. The Bertz CT molecular complexity index is 769. The minimum absolute atomic E-state index is 0.175. The number of rotatable bonds is 8. The molecule has 2 heterocycles. The highest BCUT2D eigenvalue weighted by atomic mass is 32.2. The van der Waals surface area contributed by atoms with Crippen molar-refractivity contribution < 1.29 is 9.53 Å². The van der Waals surface area contributed by atoms with Crippen molar-refractivity contribution in [3.8, 4) is 17.1 Å². The van der Waals surface area contributed by atoms with Crippen LogP contribution < -0.4 is 4.74 Å². The van der Waals surface area contributed by atoms with Crippen LogP contribution in [-0.2, 0) is 11.3 Å². The van der Waals surface area contributed by atoms with Crippen LogP contribution in [0, 0.1) is 0 Å². The van der Waals surface area contributed by atoms with Gasteiger partial charge in [0.15, 0.2) is 11.0 Å². The predicted molar refractivity (Wildman–Crippen MR) is 112 cm³/mol. The van der Waals surface area contributed by atoms with Crippen LogP contribution in [0.4, 0.5) is 0 Å². The second-order valence-electron chi connectivity index (χ2n) is 7.01. The SMILES string of the molecule is CCCCn1c(SCC(=O)N2CCN(C)CC2)nnc1-c1ccc(OC)cc1. The van der Waals surface area contributed by atoms with E-state index in [1.807, 2.05) is 29.2 Å². The average molecular weight is 404 g/mol. The minimum atomic E-state index is 0.175. The maximum Gasteiger partial charge on any atom is 0.233 e. The van der Waals surface area contributed by atoms with Crippen LogP contribution in [0.15, 0.2) is 29.4 Å². The zero-order valence-electron chi connectivity index (χ0n) is 16.9. The van der Waals surface area contributed by atoms with Crippen molar-refractivity contribution in [2.45, 2.75) is 31.5 Å². The van der Waals surface area contributed by atoms with Gasteiger partial charge in [0.1, 0.15) is 5.75 Å². The summed E-state index contributed by atoms with van der Waals surface area (Å²) in [6.45, 7) is 6.48. The number of nitrogens with zero attached hydrogens (tertiary/aromatic N) is 5. The van der Waals surface area contributed by atoms with Crippen LogP contribution in [-0.4, -0.2) is 76.6 Å². The van der Waals surface area contributed by atoms with E-state index in [4.69, 9.17) is 4.74 Å². The molecule has 0 spiro atoms. The third-order valence-corrected chi connectivity index (χ3v) is 5.93. The summed E-state index contributed by atoms with van der Waals surface area (Å²) in [4.78, 5) is 16.8. The molecular formula is C20H29N5O2S. The lowest BCUT2D eigenvalue weighted by Gasteiger charge is -2.32. The molecule has 0 unspecified atom stereocenters. The van der Waals surface area contributed by atoms with Gasteiger partial charge in [-0.3, -0.25) is 4.79 Å². The van der Waals surface area contributed by atoms with Gasteiger partial charge in [-0.2, -0.15) is 0 Å². The molecule has 0 saturated carbocycles. The number of methoxy groups -OCH3 is 1. The topological polar surface area (TPSA) is 63.5 Å². The summed E-state index contributed by atoms with van der Waals surface area (Å²) >= 11 is 1.48. The Morgan fingerprint density at radius 2 is 1.86 bits per heavy atom. The molecule has 28 heavy (non-hydrogen) atoms. The van der Waals surface area contributed by atoms with Crippen molar-refractivity contribution in [3.05, 3.63) is 24.3 Å². The lowest BCUT2D eigenvalue weighted by atomic mass is 10.2. The maximum absolute atomic E-state index is 12.6. The quantitative estimate of drug-likeness (QED) is 0.632. The summed E-state index contributed by atoms with van der Waals surface area (Å²) in [5, 5.41) is 9.60. The second-order valence-corrected chi connectivity index (χ2v) is 7.96. The highest BCUT2D eigenvalue weighted by Crippen LogP contribution is 2.26. The van der Waals surface area contributed by atoms with E-state index in [0.717, 1.165) is 67.9 Å². The van der Waals surface area contributed by atoms with Crippen LogP contribution in [0.1, 0.15) is 19.8 Å². The Morgan fingerprint density at radius 1 is 1.14 bits per heavy atom. The highest BCUT2D eigenvalue weighted by molar-refractivity contribution is 7.99. The summed E-state index contributed by atoms with van der Waals surface area (Å²) in [5.41, 5.74) is 1.00. The standard InChI is InChI=1S/C20H29N5O2S/c1-4-5-10-25-19(16-6-8-17(27-3)9-7-16)21-22-20(25)28-15-18(26)24-13-11-23(2)12-14-24/h6-9H,4-5,10-15H2,1-3H3. The van der Waals surface area contributed by atoms with E-state index >= 15 is 0 Å². The molecule has 0 aliphatic carbocycles. The lowest BCUT2D eigenvalue weighted by Crippen LogP contribution is -2.47. The van der Waals surface area contributed by atoms with Crippen LogP contribution in [0.25, 0.3) is 11.4 Å². The van der Waals surface area contributed by atoms with E-state index in [1.165, 1.54) is 11.8 Å². The smallest absolute Gasteiger partial charge is 0.233 e. The molecule has 1 aromatic heterocycles. The number of hydrogen-bond donors (Lipinski definition) is 0. The van der Waals surface area contributed by atoms with Gasteiger partial charge >= 0.3 is 0 Å². The number of hydrogen-bond acceptors (Lipinski definition) is 6. The molecule has 1 fully saturated rings. The minimum Gasteiger partial charge on any atom is -0.497 e. The molecule has 3 rings (SSSR count). The average Bonchev–Trinajstić information content (AvgIpc) is 3.13. The monoisotopic (exact) mass is 403 g/mol. The van der Waals surface area contributed by atoms with Gasteiger partial charge in [-0.15, -0.1) is 10.2 Å². The van der Waals surface area contributed by atoms with Crippen molar-refractivity contribution in [2.24, 2.45) is 0 Å². The molecule has 0 bridgehead atoms. The van der Waals surface area contributed by atoms with E-state index in [2.05, 4.69) is 33.6 Å². The number of carbonyl (C=O) groups excluding carboxylic acids is 1. The highest BCUT2D eigenvalue weighted by Gasteiger charge is 2.21. The number of likely N-dealkylation sites (N-methyl/N-ethyl adjacent to an activating group) is 1. The Morgan fingerprint density at radius 3 is 2.50 bits per heavy atom. The van der Waals surface area contributed by atoms with E-state index in [1.54, 1.807) is 7.11 Å². The lowest BCUT2D eigenvalue weighted by molar-refractivity contribution is -0.129. The molecule has 1 aliphatic heterocycles. The van der Waals surface area contributed by atoms with Crippen LogP contribution >= 0.6 is 11.8 Å². The summed E-state index contributed by atoms with van der Waals surface area (Å²) in [5.74, 6) is 2.23. The van der Waals surface area contributed by atoms with Gasteiger partial charge in [-0.05, 0) is 37.7 Å². The molecule has 1 saturated heterocycles. The second kappa shape index (κ2) is 9.93. The van der Waals surface area contributed by atoms with E-state index in [0.29, 0.717) is 5.75 Å². The number of unbranched alkanes of at least 4 members (excludes halogenated alkanes) is 1. The van der Waals surface area contributed by atoms with Gasteiger partial charge in [0, 0.05) is 38.3 Å². The van der Waals surface area contributed by atoms with E-state index < -0.39 is 0 Å². The number of piperazine rings is 1.